The number of H-pyrrole nitrogens is 1. The Morgan fingerprint density at radius 3 is 2.89 bits per heavy atom. The first kappa shape index (κ1) is 17.5. The molecular weight excluding hydrogens is 364 g/mol. The molecule has 0 atom stereocenters. The van der Waals surface area contributed by atoms with Gasteiger partial charge in [0.15, 0.2) is 0 Å². The normalized spacial score (nSPS) is 11.7. The number of carbonyl (C=O) groups is 1. The molecule has 0 bridgehead atoms. The topological polar surface area (TPSA) is 83.3 Å². The van der Waals surface area contributed by atoms with E-state index in [-0.39, 0.29) is 5.56 Å². The quantitative estimate of drug-likeness (QED) is 0.537. The molecule has 0 aliphatic carbocycles. The van der Waals surface area contributed by atoms with Crippen LogP contribution in [-0.2, 0) is 12.8 Å². The van der Waals surface area contributed by atoms with E-state index in [4.69, 9.17) is 16.7 Å². The second-order valence-corrected chi connectivity index (χ2v) is 7.56. The van der Waals surface area contributed by atoms with Gasteiger partial charge in [-0.05, 0) is 42.2 Å². The first-order valence-corrected chi connectivity index (χ1v) is 9.15. The second kappa shape index (κ2) is 6.70. The summed E-state index contributed by atoms with van der Waals surface area (Å²) < 4.78 is 1.89. The van der Waals surface area contributed by atoms with Gasteiger partial charge >= 0.3 is 5.97 Å². The van der Waals surface area contributed by atoms with Crippen molar-refractivity contribution >= 4 is 34.0 Å². The van der Waals surface area contributed by atoms with E-state index < -0.39 is 5.97 Å². The summed E-state index contributed by atoms with van der Waals surface area (Å²) in [6.45, 7) is 4.33. The summed E-state index contributed by atoms with van der Waals surface area (Å²) in [5.74, 6) is 0.362. The van der Waals surface area contributed by atoms with E-state index in [1.54, 1.807) is 24.5 Å². The lowest BCUT2D eigenvalue weighted by Gasteiger charge is -2.06. The Hall–Kier alpha value is -2.86. The fourth-order valence-corrected chi connectivity index (χ4v) is 3.63. The van der Waals surface area contributed by atoms with Crippen LogP contribution in [0.15, 0.2) is 36.7 Å². The number of nitrogens with one attached hydrogen (secondary N) is 1. The van der Waals surface area contributed by atoms with E-state index in [9.17, 15) is 4.79 Å². The molecule has 3 heterocycles. The molecule has 0 radical (unpaired) electrons. The average molecular weight is 383 g/mol. The van der Waals surface area contributed by atoms with Crippen LogP contribution < -0.4 is 0 Å². The molecule has 0 aliphatic rings. The summed E-state index contributed by atoms with van der Waals surface area (Å²) in [7, 11) is 0. The zero-order valence-corrected chi connectivity index (χ0v) is 15.8. The SMILES string of the molecule is CC(C)Cc1[nH]nc2c(Cc3ncc4cc(C(=O)O)ccn34)cc(Cl)cc12. The van der Waals surface area contributed by atoms with E-state index in [2.05, 4.69) is 29.0 Å². The Kier molecular flexibility index (Phi) is 4.36. The highest BCUT2D eigenvalue weighted by atomic mass is 35.5. The molecule has 0 amide bonds. The number of nitrogens with zero attached hydrogens (tertiary/aromatic N) is 3. The monoisotopic (exact) mass is 382 g/mol. The summed E-state index contributed by atoms with van der Waals surface area (Å²) in [5.41, 5.74) is 3.95. The summed E-state index contributed by atoms with van der Waals surface area (Å²) in [4.78, 5) is 15.6. The number of carboxylic acid groups (broad SMARTS) is 1. The number of imidazole rings is 1. The van der Waals surface area contributed by atoms with Gasteiger partial charge in [-0.3, -0.25) is 5.10 Å². The van der Waals surface area contributed by atoms with Gasteiger partial charge in [0.05, 0.1) is 22.8 Å². The maximum Gasteiger partial charge on any atom is 0.335 e. The van der Waals surface area contributed by atoms with Crippen molar-refractivity contribution in [2.24, 2.45) is 5.92 Å². The highest BCUT2D eigenvalue weighted by Crippen LogP contribution is 2.28. The smallest absolute Gasteiger partial charge is 0.335 e. The van der Waals surface area contributed by atoms with Crippen molar-refractivity contribution in [1.82, 2.24) is 19.6 Å². The number of halogens is 1. The zero-order chi connectivity index (χ0) is 19.1. The van der Waals surface area contributed by atoms with Gasteiger partial charge in [-0.15, -0.1) is 0 Å². The molecule has 0 spiro atoms. The Morgan fingerprint density at radius 1 is 1.33 bits per heavy atom. The number of pyridine rings is 1. The number of aromatic nitrogens is 4. The van der Waals surface area contributed by atoms with Gasteiger partial charge in [0.25, 0.3) is 0 Å². The van der Waals surface area contributed by atoms with Crippen LogP contribution in [0.4, 0.5) is 0 Å². The average Bonchev–Trinajstić information content (AvgIpc) is 3.19. The van der Waals surface area contributed by atoms with Crippen LogP contribution in [0.5, 0.6) is 0 Å². The Morgan fingerprint density at radius 2 is 2.15 bits per heavy atom. The van der Waals surface area contributed by atoms with E-state index in [0.29, 0.717) is 17.4 Å². The molecule has 4 aromatic rings. The molecule has 0 saturated carbocycles. The molecule has 4 rings (SSSR count). The first-order chi connectivity index (χ1) is 12.9. The molecule has 3 aromatic heterocycles. The van der Waals surface area contributed by atoms with Crippen LogP contribution in [0, 0.1) is 5.92 Å². The number of carboxylic acids is 1. The minimum Gasteiger partial charge on any atom is -0.478 e. The standard InChI is InChI=1S/C20H19ClN4O2/c1-11(2)5-17-16-9-14(21)6-13(19(16)24-23-17)8-18-22-10-15-7-12(20(26)27)3-4-25(15)18/h3-4,6-7,9-11H,5,8H2,1-2H3,(H,23,24)(H,26,27). The van der Waals surface area contributed by atoms with E-state index in [1.165, 1.54) is 0 Å². The highest BCUT2D eigenvalue weighted by molar-refractivity contribution is 6.31. The number of aromatic carboxylic acids is 1. The van der Waals surface area contributed by atoms with Gasteiger partial charge in [0, 0.05) is 28.7 Å². The van der Waals surface area contributed by atoms with Crippen LogP contribution in [0.1, 0.15) is 41.3 Å². The van der Waals surface area contributed by atoms with Gasteiger partial charge in [-0.1, -0.05) is 25.4 Å². The molecule has 1 aromatic carbocycles. The highest BCUT2D eigenvalue weighted by Gasteiger charge is 2.15. The summed E-state index contributed by atoms with van der Waals surface area (Å²) in [5, 5.41) is 18.5. The summed E-state index contributed by atoms with van der Waals surface area (Å²) in [6, 6.07) is 7.05. The molecule has 138 valence electrons. The predicted molar refractivity (Wildman–Crippen MR) is 105 cm³/mol. The number of aromatic amines is 1. The van der Waals surface area contributed by atoms with Crippen molar-refractivity contribution in [2.45, 2.75) is 26.7 Å². The van der Waals surface area contributed by atoms with Crippen molar-refractivity contribution in [1.29, 1.82) is 0 Å². The van der Waals surface area contributed by atoms with Crippen LogP contribution in [0.25, 0.3) is 16.4 Å². The van der Waals surface area contributed by atoms with E-state index >= 15 is 0 Å². The lowest BCUT2D eigenvalue weighted by Crippen LogP contribution is -2.00. The third-order valence-corrected chi connectivity index (χ3v) is 4.82. The number of rotatable bonds is 5. The maximum atomic E-state index is 11.1. The molecule has 0 aliphatic heterocycles. The zero-order valence-electron chi connectivity index (χ0n) is 15.0. The number of fused-ring (bicyclic) bond motifs is 2. The van der Waals surface area contributed by atoms with Crippen molar-refractivity contribution in [3.05, 3.63) is 64.3 Å². The van der Waals surface area contributed by atoms with Gasteiger partial charge in [0.1, 0.15) is 5.82 Å². The lowest BCUT2D eigenvalue weighted by atomic mass is 10.0. The molecule has 6 nitrogen and oxygen atoms in total. The number of hydrogen-bond donors (Lipinski definition) is 2. The molecule has 0 fully saturated rings. The third kappa shape index (κ3) is 3.28. The molecule has 2 N–H and O–H groups in total. The van der Waals surface area contributed by atoms with Crippen LogP contribution in [0.3, 0.4) is 0 Å². The molecular formula is C20H19ClN4O2. The van der Waals surface area contributed by atoms with Crippen molar-refractivity contribution in [2.75, 3.05) is 0 Å². The van der Waals surface area contributed by atoms with E-state index in [0.717, 1.165) is 39.9 Å². The Labute approximate surface area is 160 Å². The van der Waals surface area contributed by atoms with Gasteiger partial charge in [-0.25, -0.2) is 9.78 Å². The number of benzene rings is 1. The Balaban J connectivity index is 1.76. The van der Waals surface area contributed by atoms with Gasteiger partial charge in [0.2, 0.25) is 0 Å². The maximum absolute atomic E-state index is 11.1. The lowest BCUT2D eigenvalue weighted by molar-refractivity contribution is 0.0697. The van der Waals surface area contributed by atoms with Crippen molar-refractivity contribution < 1.29 is 9.90 Å². The van der Waals surface area contributed by atoms with Crippen LogP contribution >= 0.6 is 11.6 Å². The molecule has 0 unspecified atom stereocenters. The van der Waals surface area contributed by atoms with Gasteiger partial charge < -0.3 is 9.51 Å². The predicted octanol–water partition coefficient (Wildman–Crippen LogP) is 4.35. The van der Waals surface area contributed by atoms with Crippen molar-refractivity contribution in [3.8, 4) is 0 Å². The molecule has 0 saturated heterocycles. The van der Waals surface area contributed by atoms with Crippen LogP contribution in [0.2, 0.25) is 5.02 Å². The van der Waals surface area contributed by atoms with E-state index in [1.807, 2.05) is 16.5 Å². The largest absolute Gasteiger partial charge is 0.478 e. The Bertz CT molecular complexity index is 1160. The molecule has 27 heavy (non-hydrogen) atoms. The van der Waals surface area contributed by atoms with Crippen molar-refractivity contribution in [3.63, 3.8) is 0 Å². The molecule has 7 heteroatoms. The fourth-order valence-electron chi connectivity index (χ4n) is 3.39. The third-order valence-electron chi connectivity index (χ3n) is 4.60. The fraction of sp³-hybridized carbons (Fsp3) is 0.250. The first-order valence-electron chi connectivity index (χ1n) is 8.77. The second-order valence-electron chi connectivity index (χ2n) is 7.13. The minimum absolute atomic E-state index is 0.240. The van der Waals surface area contributed by atoms with Gasteiger partial charge in [-0.2, -0.15) is 5.10 Å². The minimum atomic E-state index is -0.953. The van der Waals surface area contributed by atoms with Crippen LogP contribution in [-0.4, -0.2) is 30.7 Å². The number of hydrogen-bond acceptors (Lipinski definition) is 3. The summed E-state index contributed by atoms with van der Waals surface area (Å²) >= 11 is 6.37. The summed E-state index contributed by atoms with van der Waals surface area (Å²) in [6.07, 6.45) is 4.86.